The van der Waals surface area contributed by atoms with Gasteiger partial charge in [-0.15, -0.1) is 0 Å². The second kappa shape index (κ2) is 5.96. The molecule has 2 rings (SSSR count). The van der Waals surface area contributed by atoms with Crippen LogP contribution < -0.4 is 11.1 Å². The van der Waals surface area contributed by atoms with Gasteiger partial charge in [0.1, 0.15) is 5.69 Å². The number of carbonyl (C=O) groups excluding carboxylic acids is 2. The van der Waals surface area contributed by atoms with Crippen LogP contribution in [0, 0.1) is 0 Å². The maximum Gasteiger partial charge on any atom is 0.275 e. The molecule has 0 saturated carbocycles. The average molecular weight is 311 g/mol. The third kappa shape index (κ3) is 2.89. The van der Waals surface area contributed by atoms with Crippen molar-refractivity contribution in [2.75, 3.05) is 5.32 Å². The summed E-state index contributed by atoms with van der Waals surface area (Å²) in [5.41, 5.74) is 5.72. The molecule has 0 atom stereocenters. The van der Waals surface area contributed by atoms with Crippen LogP contribution in [0.5, 0.6) is 0 Å². The third-order valence-corrected chi connectivity index (χ3v) is 3.15. The van der Waals surface area contributed by atoms with E-state index in [2.05, 4.69) is 15.5 Å². The standard InChI is InChI=1S/C12H15ClN6O2/c1-3-18-6-8(9(17-18)11(14)20)16-12(21)10-7(13)5-15-19(10)4-2/h5-6H,3-4H2,1-2H3,(H2,14,20)(H,16,21). The zero-order chi connectivity index (χ0) is 15.6. The van der Waals surface area contributed by atoms with Crippen molar-refractivity contribution in [3.8, 4) is 0 Å². The van der Waals surface area contributed by atoms with Gasteiger partial charge in [0.05, 0.1) is 16.9 Å². The smallest absolute Gasteiger partial charge is 0.275 e. The van der Waals surface area contributed by atoms with Crippen molar-refractivity contribution in [3.63, 3.8) is 0 Å². The van der Waals surface area contributed by atoms with Gasteiger partial charge in [-0.25, -0.2) is 0 Å². The number of hydrogen-bond acceptors (Lipinski definition) is 4. The molecule has 0 fully saturated rings. The molecule has 0 saturated heterocycles. The van der Waals surface area contributed by atoms with E-state index in [9.17, 15) is 9.59 Å². The van der Waals surface area contributed by atoms with Gasteiger partial charge in [-0.05, 0) is 13.8 Å². The van der Waals surface area contributed by atoms with Gasteiger partial charge in [0, 0.05) is 19.3 Å². The number of rotatable bonds is 5. The van der Waals surface area contributed by atoms with Crippen LogP contribution in [0.1, 0.15) is 34.8 Å². The number of aryl methyl sites for hydroxylation is 2. The van der Waals surface area contributed by atoms with Crippen molar-refractivity contribution in [2.45, 2.75) is 26.9 Å². The molecule has 9 heteroatoms. The molecule has 0 bridgehead atoms. The monoisotopic (exact) mass is 310 g/mol. The number of nitrogens with zero attached hydrogens (tertiary/aromatic N) is 4. The molecule has 8 nitrogen and oxygen atoms in total. The fraction of sp³-hybridized carbons (Fsp3) is 0.333. The highest BCUT2D eigenvalue weighted by atomic mass is 35.5. The van der Waals surface area contributed by atoms with E-state index < -0.39 is 11.8 Å². The Hall–Kier alpha value is -2.35. The van der Waals surface area contributed by atoms with E-state index >= 15 is 0 Å². The predicted molar refractivity (Wildman–Crippen MR) is 77.3 cm³/mol. The van der Waals surface area contributed by atoms with E-state index in [-0.39, 0.29) is 22.1 Å². The first kappa shape index (κ1) is 15.0. The molecule has 0 aliphatic heterocycles. The summed E-state index contributed by atoms with van der Waals surface area (Å²) in [6.45, 7) is 4.73. The Kier molecular flexibility index (Phi) is 4.27. The minimum absolute atomic E-state index is 0.00360. The van der Waals surface area contributed by atoms with Crippen molar-refractivity contribution in [1.29, 1.82) is 0 Å². The Morgan fingerprint density at radius 1 is 1.38 bits per heavy atom. The van der Waals surface area contributed by atoms with Crippen molar-refractivity contribution in [3.05, 3.63) is 28.8 Å². The van der Waals surface area contributed by atoms with Crippen LogP contribution in [0.15, 0.2) is 12.4 Å². The highest BCUT2D eigenvalue weighted by Crippen LogP contribution is 2.19. The highest BCUT2D eigenvalue weighted by Gasteiger charge is 2.21. The summed E-state index contributed by atoms with van der Waals surface area (Å²) < 4.78 is 2.97. The Bertz CT molecular complexity index is 690. The summed E-state index contributed by atoms with van der Waals surface area (Å²) in [4.78, 5) is 23.7. The van der Waals surface area contributed by atoms with Crippen LogP contribution in [0.25, 0.3) is 0 Å². The lowest BCUT2D eigenvalue weighted by Gasteiger charge is -2.06. The van der Waals surface area contributed by atoms with Crippen molar-refractivity contribution >= 4 is 29.1 Å². The van der Waals surface area contributed by atoms with Crippen LogP contribution in [0.4, 0.5) is 5.69 Å². The molecule has 0 radical (unpaired) electrons. The molecule has 0 aliphatic carbocycles. The normalized spacial score (nSPS) is 10.6. The fourth-order valence-electron chi connectivity index (χ4n) is 1.87. The predicted octanol–water partition coefficient (Wildman–Crippen LogP) is 1.12. The molecule has 2 amide bonds. The molecule has 0 aliphatic rings. The van der Waals surface area contributed by atoms with Gasteiger partial charge in [-0.1, -0.05) is 11.6 Å². The average Bonchev–Trinajstić information content (AvgIpc) is 3.01. The van der Waals surface area contributed by atoms with Crippen LogP contribution in [0.2, 0.25) is 5.02 Å². The third-order valence-electron chi connectivity index (χ3n) is 2.88. The van der Waals surface area contributed by atoms with E-state index in [4.69, 9.17) is 17.3 Å². The first-order chi connectivity index (χ1) is 9.97. The first-order valence-electron chi connectivity index (χ1n) is 6.37. The number of primary amides is 1. The SMILES string of the molecule is CCn1cc(NC(=O)c2c(Cl)cnn2CC)c(C(N)=O)n1. The van der Waals surface area contributed by atoms with Gasteiger partial charge < -0.3 is 11.1 Å². The molecule has 21 heavy (non-hydrogen) atoms. The van der Waals surface area contributed by atoms with E-state index in [1.807, 2.05) is 13.8 Å². The number of carbonyl (C=O) groups is 2. The number of hydrogen-bond donors (Lipinski definition) is 2. The number of anilines is 1. The van der Waals surface area contributed by atoms with Crippen molar-refractivity contribution < 1.29 is 9.59 Å². The maximum absolute atomic E-state index is 12.3. The summed E-state index contributed by atoms with van der Waals surface area (Å²) >= 11 is 5.96. The molecular formula is C12H15ClN6O2. The van der Waals surface area contributed by atoms with Crippen LogP contribution in [-0.4, -0.2) is 31.4 Å². The molecular weight excluding hydrogens is 296 g/mol. The molecule has 0 aromatic carbocycles. The minimum Gasteiger partial charge on any atom is -0.364 e. The summed E-state index contributed by atoms with van der Waals surface area (Å²) in [5, 5.41) is 10.8. The Labute approximate surface area is 125 Å². The number of amides is 2. The Balaban J connectivity index is 2.33. The van der Waals surface area contributed by atoms with Gasteiger partial charge in [0.2, 0.25) is 0 Å². The van der Waals surface area contributed by atoms with E-state index in [1.165, 1.54) is 15.6 Å². The summed E-state index contributed by atoms with van der Waals surface area (Å²) in [6, 6.07) is 0. The zero-order valence-corrected chi connectivity index (χ0v) is 12.4. The van der Waals surface area contributed by atoms with Crippen molar-refractivity contribution in [1.82, 2.24) is 19.6 Å². The molecule has 3 N–H and O–H groups in total. The lowest BCUT2D eigenvalue weighted by atomic mass is 10.3. The van der Waals surface area contributed by atoms with Gasteiger partial charge in [0.15, 0.2) is 5.69 Å². The number of nitrogens with two attached hydrogens (primary N) is 1. The van der Waals surface area contributed by atoms with Crippen LogP contribution in [0.3, 0.4) is 0 Å². The van der Waals surface area contributed by atoms with Crippen LogP contribution in [-0.2, 0) is 13.1 Å². The Morgan fingerprint density at radius 2 is 2.10 bits per heavy atom. The number of halogens is 1. The number of aromatic nitrogens is 4. The Morgan fingerprint density at radius 3 is 2.67 bits per heavy atom. The summed E-state index contributed by atoms with van der Waals surface area (Å²) in [5.74, 6) is -1.19. The maximum atomic E-state index is 12.3. The van der Waals surface area contributed by atoms with Gasteiger partial charge in [0.25, 0.3) is 11.8 Å². The lowest BCUT2D eigenvalue weighted by molar-refractivity contribution is 0.0995. The lowest BCUT2D eigenvalue weighted by Crippen LogP contribution is -2.20. The van der Waals surface area contributed by atoms with Gasteiger partial charge in [-0.2, -0.15) is 10.2 Å². The van der Waals surface area contributed by atoms with Crippen molar-refractivity contribution in [2.24, 2.45) is 5.73 Å². The molecule has 0 unspecified atom stereocenters. The van der Waals surface area contributed by atoms with E-state index in [0.717, 1.165) is 0 Å². The minimum atomic E-state index is -0.715. The summed E-state index contributed by atoms with van der Waals surface area (Å²) in [6.07, 6.45) is 2.93. The topological polar surface area (TPSA) is 108 Å². The first-order valence-corrected chi connectivity index (χ1v) is 6.75. The number of nitrogens with one attached hydrogen (secondary N) is 1. The molecule has 0 spiro atoms. The molecule has 2 aromatic rings. The van der Waals surface area contributed by atoms with Gasteiger partial charge >= 0.3 is 0 Å². The zero-order valence-electron chi connectivity index (χ0n) is 11.6. The summed E-state index contributed by atoms with van der Waals surface area (Å²) in [7, 11) is 0. The van der Waals surface area contributed by atoms with E-state index in [1.54, 1.807) is 6.20 Å². The van der Waals surface area contributed by atoms with Crippen LogP contribution >= 0.6 is 11.6 Å². The second-order valence-corrected chi connectivity index (χ2v) is 4.63. The fourth-order valence-corrected chi connectivity index (χ4v) is 2.09. The highest BCUT2D eigenvalue weighted by molar-refractivity contribution is 6.34. The molecule has 2 aromatic heterocycles. The van der Waals surface area contributed by atoms with E-state index in [0.29, 0.717) is 13.1 Å². The largest absolute Gasteiger partial charge is 0.364 e. The van der Waals surface area contributed by atoms with Gasteiger partial charge in [-0.3, -0.25) is 19.0 Å². The molecule has 112 valence electrons. The quantitative estimate of drug-likeness (QED) is 0.862. The molecule has 2 heterocycles. The second-order valence-electron chi connectivity index (χ2n) is 4.22.